The van der Waals surface area contributed by atoms with Crippen LogP contribution in [0, 0.1) is 6.92 Å². The van der Waals surface area contributed by atoms with Crippen molar-refractivity contribution in [2.24, 2.45) is 0 Å². The predicted molar refractivity (Wildman–Crippen MR) is 77.2 cm³/mol. The molecule has 0 atom stereocenters. The first kappa shape index (κ1) is 13.1. The summed E-state index contributed by atoms with van der Waals surface area (Å²) in [4.78, 5) is 6.67. The van der Waals surface area contributed by atoms with Gasteiger partial charge in [-0.05, 0) is 35.9 Å². The number of hydrogen-bond acceptors (Lipinski definition) is 3. The number of fused-ring (bicyclic) bond motifs is 1. The van der Waals surface area contributed by atoms with E-state index in [-0.39, 0.29) is 0 Å². The average Bonchev–Trinajstić information content (AvgIpc) is 2.67. The molecule has 2 rings (SSSR count). The molecule has 0 N–H and O–H groups in total. The van der Waals surface area contributed by atoms with Gasteiger partial charge in [-0.1, -0.05) is 12.7 Å². The standard InChI is InChI=1S/C13H17BrN4/c1-5-10(14)13-11(6-2)18-12(7-8-17(13)4)15-9(3)16-18/h5-6H,2,7-8H2,1,3-4H3/b10-5+. The molecular formula is C13H17BrN4. The van der Waals surface area contributed by atoms with Gasteiger partial charge in [0.25, 0.3) is 0 Å². The Labute approximate surface area is 116 Å². The molecule has 1 aliphatic heterocycles. The van der Waals surface area contributed by atoms with Crippen LogP contribution in [-0.4, -0.2) is 33.3 Å². The lowest BCUT2D eigenvalue weighted by atomic mass is 10.2. The fourth-order valence-corrected chi connectivity index (χ4v) is 2.62. The van der Waals surface area contributed by atoms with Crippen molar-refractivity contribution < 1.29 is 0 Å². The highest BCUT2D eigenvalue weighted by Gasteiger charge is 2.22. The van der Waals surface area contributed by atoms with Crippen molar-refractivity contribution in [1.29, 1.82) is 0 Å². The van der Waals surface area contributed by atoms with Gasteiger partial charge in [-0.25, -0.2) is 9.67 Å². The fourth-order valence-electron chi connectivity index (χ4n) is 2.11. The van der Waals surface area contributed by atoms with E-state index in [1.165, 1.54) is 0 Å². The maximum Gasteiger partial charge on any atom is 0.148 e. The van der Waals surface area contributed by atoms with Crippen LogP contribution in [0.15, 0.2) is 28.9 Å². The quantitative estimate of drug-likeness (QED) is 0.842. The van der Waals surface area contributed by atoms with Gasteiger partial charge in [-0.2, -0.15) is 5.10 Å². The number of rotatable bonds is 2. The lowest BCUT2D eigenvalue weighted by Gasteiger charge is -2.21. The van der Waals surface area contributed by atoms with Crippen LogP contribution in [0.25, 0.3) is 5.70 Å². The molecular weight excluding hydrogens is 292 g/mol. The normalized spacial score (nSPS) is 16.7. The monoisotopic (exact) mass is 308 g/mol. The van der Waals surface area contributed by atoms with E-state index in [2.05, 4.69) is 44.5 Å². The van der Waals surface area contributed by atoms with E-state index in [1.54, 1.807) is 0 Å². The van der Waals surface area contributed by atoms with Crippen LogP contribution in [0.5, 0.6) is 0 Å². The molecule has 0 radical (unpaired) electrons. The smallest absolute Gasteiger partial charge is 0.148 e. The minimum absolute atomic E-state index is 0.796. The molecule has 1 aromatic rings. The topological polar surface area (TPSA) is 34.0 Å². The van der Waals surface area contributed by atoms with Crippen molar-refractivity contribution in [3.63, 3.8) is 0 Å². The number of nitrogens with zero attached hydrogens (tertiary/aromatic N) is 4. The molecule has 0 aromatic carbocycles. The Bertz CT molecular complexity index is 539. The second kappa shape index (κ2) is 5.10. The summed E-state index contributed by atoms with van der Waals surface area (Å²) in [6.07, 6.45) is 4.74. The second-order valence-corrected chi connectivity index (χ2v) is 5.09. The lowest BCUT2D eigenvalue weighted by molar-refractivity contribution is 0.437. The highest BCUT2D eigenvalue weighted by molar-refractivity contribution is 9.12. The van der Waals surface area contributed by atoms with Crippen molar-refractivity contribution in [3.8, 4) is 0 Å². The summed E-state index contributed by atoms with van der Waals surface area (Å²) in [5, 5.41) is 4.47. The number of allylic oxidation sites excluding steroid dienone is 4. The van der Waals surface area contributed by atoms with Crippen molar-refractivity contribution in [3.05, 3.63) is 40.6 Å². The fraction of sp³-hybridized carbons (Fsp3) is 0.385. The van der Waals surface area contributed by atoms with Crippen LogP contribution in [-0.2, 0) is 6.42 Å². The van der Waals surface area contributed by atoms with E-state index >= 15 is 0 Å². The van der Waals surface area contributed by atoms with Crippen molar-refractivity contribution in [2.45, 2.75) is 20.3 Å². The molecule has 1 aromatic heterocycles. The average molecular weight is 309 g/mol. The molecule has 5 heteroatoms. The van der Waals surface area contributed by atoms with Crippen molar-refractivity contribution >= 4 is 21.6 Å². The predicted octanol–water partition coefficient (Wildman–Crippen LogP) is 2.73. The maximum absolute atomic E-state index is 4.47. The third kappa shape index (κ3) is 2.14. The van der Waals surface area contributed by atoms with Gasteiger partial charge < -0.3 is 4.90 Å². The molecule has 0 unspecified atom stereocenters. The zero-order chi connectivity index (χ0) is 13.3. The van der Waals surface area contributed by atoms with Gasteiger partial charge in [0.2, 0.25) is 0 Å². The Morgan fingerprint density at radius 2 is 2.22 bits per heavy atom. The van der Waals surface area contributed by atoms with Crippen LogP contribution in [0.3, 0.4) is 0 Å². The van der Waals surface area contributed by atoms with E-state index < -0.39 is 0 Å². The second-order valence-electron chi connectivity index (χ2n) is 4.23. The molecule has 0 saturated heterocycles. The summed E-state index contributed by atoms with van der Waals surface area (Å²) in [6, 6.07) is 0. The first-order valence-electron chi connectivity index (χ1n) is 5.91. The first-order chi connectivity index (χ1) is 8.58. The van der Waals surface area contributed by atoms with Gasteiger partial charge in [-0.15, -0.1) is 0 Å². The molecule has 0 amide bonds. The minimum atomic E-state index is 0.796. The highest BCUT2D eigenvalue weighted by atomic mass is 79.9. The molecule has 0 bridgehead atoms. The van der Waals surface area contributed by atoms with E-state index in [1.807, 2.05) is 30.7 Å². The van der Waals surface area contributed by atoms with E-state index in [0.29, 0.717) is 0 Å². The maximum atomic E-state index is 4.47. The summed E-state index contributed by atoms with van der Waals surface area (Å²) in [5.41, 5.74) is 2.06. The molecule has 1 aliphatic rings. The molecule has 4 nitrogen and oxygen atoms in total. The van der Waals surface area contributed by atoms with E-state index in [9.17, 15) is 0 Å². The van der Waals surface area contributed by atoms with Crippen LogP contribution >= 0.6 is 15.9 Å². The van der Waals surface area contributed by atoms with E-state index in [0.717, 1.165) is 40.5 Å². The largest absolute Gasteiger partial charge is 0.371 e. The van der Waals surface area contributed by atoms with E-state index in [4.69, 9.17) is 0 Å². The summed E-state index contributed by atoms with van der Waals surface area (Å²) < 4.78 is 2.94. The molecule has 96 valence electrons. The number of halogens is 1. The number of aromatic nitrogens is 3. The molecule has 2 heterocycles. The first-order valence-corrected chi connectivity index (χ1v) is 6.70. The zero-order valence-corrected chi connectivity index (χ0v) is 12.5. The number of hydrogen-bond donors (Lipinski definition) is 0. The van der Waals surface area contributed by atoms with Gasteiger partial charge in [-0.3, -0.25) is 0 Å². The SMILES string of the molecule is C=CC1=C(/C(Br)=C\C)N(C)CCc2nc(C)nn21. The molecule has 18 heavy (non-hydrogen) atoms. The van der Waals surface area contributed by atoms with Gasteiger partial charge >= 0.3 is 0 Å². The van der Waals surface area contributed by atoms with Crippen LogP contribution in [0.4, 0.5) is 0 Å². The summed E-state index contributed by atoms with van der Waals surface area (Å²) in [7, 11) is 2.07. The number of likely N-dealkylation sites (N-methyl/N-ethyl adjacent to an activating group) is 1. The summed E-state index contributed by atoms with van der Waals surface area (Å²) in [6.45, 7) is 8.74. The zero-order valence-electron chi connectivity index (χ0n) is 10.9. The third-order valence-electron chi connectivity index (χ3n) is 2.98. The van der Waals surface area contributed by atoms with Gasteiger partial charge in [0, 0.05) is 24.5 Å². The summed E-state index contributed by atoms with van der Waals surface area (Å²) >= 11 is 3.61. The molecule has 0 saturated carbocycles. The van der Waals surface area contributed by atoms with Crippen molar-refractivity contribution in [1.82, 2.24) is 19.7 Å². The van der Waals surface area contributed by atoms with Gasteiger partial charge in [0.15, 0.2) is 0 Å². The van der Waals surface area contributed by atoms with Gasteiger partial charge in [0.1, 0.15) is 11.6 Å². The molecule has 0 spiro atoms. The highest BCUT2D eigenvalue weighted by Crippen LogP contribution is 2.29. The number of aryl methyl sites for hydroxylation is 1. The van der Waals surface area contributed by atoms with Crippen LogP contribution in [0.2, 0.25) is 0 Å². The Morgan fingerprint density at radius 3 is 2.83 bits per heavy atom. The summed E-state index contributed by atoms with van der Waals surface area (Å²) in [5.74, 6) is 1.78. The Hall–Kier alpha value is -1.36. The molecule has 0 fully saturated rings. The lowest BCUT2D eigenvalue weighted by Crippen LogP contribution is -2.20. The van der Waals surface area contributed by atoms with Crippen LogP contribution < -0.4 is 0 Å². The van der Waals surface area contributed by atoms with Crippen LogP contribution in [0.1, 0.15) is 18.6 Å². The Balaban J connectivity index is 2.69. The minimum Gasteiger partial charge on any atom is -0.371 e. The van der Waals surface area contributed by atoms with Gasteiger partial charge in [0.05, 0.1) is 11.4 Å². The van der Waals surface area contributed by atoms with Crippen molar-refractivity contribution in [2.75, 3.05) is 13.6 Å². The Kier molecular flexibility index (Phi) is 3.71. The Morgan fingerprint density at radius 1 is 1.50 bits per heavy atom. The molecule has 0 aliphatic carbocycles. The third-order valence-corrected chi connectivity index (χ3v) is 3.81.